The molecule has 4 N–H and O–H groups in total. The number of unbranched alkanes of at least 4 members (excludes halogenated alkanes) is 3. The number of thiocarbonyl (C=S) groups is 1. The molecular formula is C13H21N3O2S2. The number of benzene rings is 1. The van der Waals surface area contributed by atoms with Crippen LogP contribution in [0.1, 0.15) is 32.6 Å². The number of anilines is 1. The molecule has 0 heterocycles. The number of sulfonamides is 1. The lowest BCUT2D eigenvalue weighted by Crippen LogP contribution is -2.29. The fraction of sp³-hybridized carbons (Fsp3) is 0.462. The Balaban J connectivity index is 2.39. The molecule has 0 aliphatic heterocycles. The fourth-order valence-corrected chi connectivity index (χ4v) is 2.39. The largest absolute Gasteiger partial charge is 0.362 e. The fourth-order valence-electron chi connectivity index (χ4n) is 1.66. The van der Waals surface area contributed by atoms with Crippen LogP contribution in [0, 0.1) is 0 Å². The van der Waals surface area contributed by atoms with E-state index in [4.69, 9.17) is 17.4 Å². The van der Waals surface area contributed by atoms with Gasteiger partial charge >= 0.3 is 0 Å². The molecule has 1 aromatic rings. The Hall–Kier alpha value is -1.18. The van der Waals surface area contributed by atoms with Crippen molar-refractivity contribution in [1.82, 2.24) is 5.32 Å². The molecule has 0 aromatic heterocycles. The second kappa shape index (κ2) is 8.18. The van der Waals surface area contributed by atoms with Crippen LogP contribution >= 0.6 is 12.2 Å². The van der Waals surface area contributed by atoms with Gasteiger partial charge in [-0.3, -0.25) is 0 Å². The Kier molecular flexibility index (Phi) is 6.90. The highest BCUT2D eigenvalue weighted by Crippen LogP contribution is 2.12. The Morgan fingerprint density at radius 2 is 1.85 bits per heavy atom. The van der Waals surface area contributed by atoms with E-state index in [1.54, 1.807) is 12.1 Å². The zero-order valence-corrected chi connectivity index (χ0v) is 13.2. The Labute approximate surface area is 126 Å². The molecule has 7 heteroatoms. The Bertz CT molecular complexity index is 527. The van der Waals surface area contributed by atoms with Crippen molar-refractivity contribution in [3.63, 3.8) is 0 Å². The van der Waals surface area contributed by atoms with E-state index in [0.29, 0.717) is 5.11 Å². The summed E-state index contributed by atoms with van der Waals surface area (Å²) < 4.78 is 22.2. The summed E-state index contributed by atoms with van der Waals surface area (Å²) in [6.45, 7) is 3.01. The first-order valence-electron chi connectivity index (χ1n) is 6.61. The SMILES string of the molecule is CCCCCCNC(=S)Nc1ccc(S(N)(=O)=O)cc1. The predicted molar refractivity (Wildman–Crippen MR) is 86.2 cm³/mol. The summed E-state index contributed by atoms with van der Waals surface area (Å²) in [5.41, 5.74) is 0.725. The van der Waals surface area contributed by atoms with Crippen LogP contribution in [0.15, 0.2) is 29.2 Å². The van der Waals surface area contributed by atoms with E-state index in [9.17, 15) is 8.42 Å². The first kappa shape index (κ1) is 16.9. The molecule has 20 heavy (non-hydrogen) atoms. The summed E-state index contributed by atoms with van der Waals surface area (Å²) in [4.78, 5) is 0.0847. The van der Waals surface area contributed by atoms with Crippen molar-refractivity contribution in [2.24, 2.45) is 5.14 Å². The molecule has 0 aliphatic carbocycles. The lowest BCUT2D eigenvalue weighted by molar-refractivity contribution is 0.598. The quantitative estimate of drug-likeness (QED) is 0.530. The normalized spacial score (nSPS) is 11.1. The van der Waals surface area contributed by atoms with Crippen molar-refractivity contribution >= 4 is 33.0 Å². The van der Waals surface area contributed by atoms with Gasteiger partial charge in [-0.1, -0.05) is 26.2 Å². The molecule has 1 aromatic carbocycles. The predicted octanol–water partition coefficient (Wildman–Crippen LogP) is 2.20. The summed E-state index contributed by atoms with van der Waals surface area (Å²) in [6, 6.07) is 6.15. The lowest BCUT2D eigenvalue weighted by atomic mass is 10.2. The monoisotopic (exact) mass is 315 g/mol. The van der Waals surface area contributed by atoms with Crippen LogP contribution in [0.4, 0.5) is 5.69 Å². The van der Waals surface area contributed by atoms with Gasteiger partial charge in [0.1, 0.15) is 0 Å². The maximum absolute atomic E-state index is 11.1. The van der Waals surface area contributed by atoms with Gasteiger partial charge in [0.15, 0.2) is 5.11 Å². The van der Waals surface area contributed by atoms with Crippen LogP contribution in [0.25, 0.3) is 0 Å². The van der Waals surface area contributed by atoms with Crippen LogP contribution < -0.4 is 15.8 Å². The Morgan fingerprint density at radius 3 is 2.40 bits per heavy atom. The van der Waals surface area contributed by atoms with Gasteiger partial charge in [0.2, 0.25) is 10.0 Å². The Morgan fingerprint density at radius 1 is 1.20 bits per heavy atom. The molecule has 1 rings (SSSR count). The number of primary sulfonamides is 1. The average molecular weight is 315 g/mol. The first-order chi connectivity index (χ1) is 9.43. The van der Waals surface area contributed by atoms with Crippen molar-refractivity contribution in [3.8, 4) is 0 Å². The molecule has 0 saturated carbocycles. The molecule has 0 spiro atoms. The highest BCUT2D eigenvalue weighted by atomic mass is 32.2. The summed E-state index contributed by atoms with van der Waals surface area (Å²) in [6.07, 6.45) is 4.71. The smallest absolute Gasteiger partial charge is 0.238 e. The molecule has 0 amide bonds. The molecular weight excluding hydrogens is 294 g/mol. The number of nitrogens with one attached hydrogen (secondary N) is 2. The van der Waals surface area contributed by atoms with Gasteiger partial charge in [-0.05, 0) is 42.9 Å². The van der Waals surface area contributed by atoms with Gasteiger partial charge in [0.05, 0.1) is 4.90 Å². The lowest BCUT2D eigenvalue weighted by Gasteiger charge is -2.10. The average Bonchev–Trinajstić information content (AvgIpc) is 2.38. The van der Waals surface area contributed by atoms with Crippen molar-refractivity contribution in [1.29, 1.82) is 0 Å². The molecule has 112 valence electrons. The zero-order chi connectivity index (χ0) is 15.0. The standard InChI is InChI=1S/C13H21N3O2S2/c1-2-3-4-5-10-15-13(19)16-11-6-8-12(9-7-11)20(14,17)18/h6-9H,2-5,10H2,1H3,(H2,14,17,18)(H2,15,16,19). The number of rotatable bonds is 7. The van der Waals surface area contributed by atoms with Crippen LogP contribution in [-0.4, -0.2) is 20.1 Å². The van der Waals surface area contributed by atoms with E-state index in [2.05, 4.69) is 17.6 Å². The molecule has 0 aliphatic rings. The second-order valence-corrected chi connectivity index (χ2v) is 6.48. The molecule has 0 radical (unpaired) electrons. The summed E-state index contributed by atoms with van der Waals surface area (Å²) >= 11 is 5.16. The van der Waals surface area contributed by atoms with E-state index in [0.717, 1.165) is 18.7 Å². The first-order valence-corrected chi connectivity index (χ1v) is 8.56. The minimum atomic E-state index is -3.65. The van der Waals surface area contributed by atoms with Crippen LogP contribution in [-0.2, 0) is 10.0 Å². The van der Waals surface area contributed by atoms with Crippen LogP contribution in [0.5, 0.6) is 0 Å². The van der Waals surface area contributed by atoms with Crippen molar-refractivity contribution in [2.45, 2.75) is 37.5 Å². The number of hydrogen-bond donors (Lipinski definition) is 3. The van der Waals surface area contributed by atoms with Gasteiger partial charge in [0.25, 0.3) is 0 Å². The van der Waals surface area contributed by atoms with Gasteiger partial charge in [-0.25, -0.2) is 13.6 Å². The minimum absolute atomic E-state index is 0.0847. The molecule has 0 bridgehead atoms. The second-order valence-electron chi connectivity index (χ2n) is 4.51. The highest BCUT2D eigenvalue weighted by molar-refractivity contribution is 7.89. The van der Waals surface area contributed by atoms with E-state index >= 15 is 0 Å². The van der Waals surface area contributed by atoms with Gasteiger partial charge in [-0.2, -0.15) is 0 Å². The number of hydrogen-bond acceptors (Lipinski definition) is 3. The highest BCUT2D eigenvalue weighted by Gasteiger charge is 2.06. The van der Waals surface area contributed by atoms with Gasteiger partial charge in [-0.15, -0.1) is 0 Å². The van der Waals surface area contributed by atoms with E-state index < -0.39 is 10.0 Å². The van der Waals surface area contributed by atoms with Gasteiger partial charge in [0, 0.05) is 12.2 Å². The molecule has 0 unspecified atom stereocenters. The maximum atomic E-state index is 11.1. The van der Waals surface area contributed by atoms with E-state index in [-0.39, 0.29) is 4.90 Å². The third kappa shape index (κ3) is 6.31. The van der Waals surface area contributed by atoms with Crippen LogP contribution in [0.2, 0.25) is 0 Å². The third-order valence-corrected chi connectivity index (χ3v) is 3.93. The summed E-state index contributed by atoms with van der Waals surface area (Å²) in [5, 5.41) is 11.7. The minimum Gasteiger partial charge on any atom is -0.362 e. The maximum Gasteiger partial charge on any atom is 0.238 e. The zero-order valence-electron chi connectivity index (χ0n) is 11.6. The number of nitrogens with two attached hydrogens (primary N) is 1. The topological polar surface area (TPSA) is 84.2 Å². The van der Waals surface area contributed by atoms with Gasteiger partial charge < -0.3 is 10.6 Å². The van der Waals surface area contributed by atoms with E-state index in [1.165, 1.54) is 31.4 Å². The molecule has 0 fully saturated rings. The van der Waals surface area contributed by atoms with Crippen molar-refractivity contribution < 1.29 is 8.42 Å². The summed E-state index contributed by atoms with van der Waals surface area (Å²) in [7, 11) is -3.65. The van der Waals surface area contributed by atoms with Crippen molar-refractivity contribution in [3.05, 3.63) is 24.3 Å². The van der Waals surface area contributed by atoms with Crippen LogP contribution in [0.3, 0.4) is 0 Å². The third-order valence-electron chi connectivity index (χ3n) is 2.76. The summed E-state index contributed by atoms with van der Waals surface area (Å²) in [5.74, 6) is 0. The van der Waals surface area contributed by atoms with E-state index in [1.807, 2.05) is 0 Å². The molecule has 0 atom stereocenters. The molecule has 5 nitrogen and oxygen atoms in total. The van der Waals surface area contributed by atoms with Crippen molar-refractivity contribution in [2.75, 3.05) is 11.9 Å². The molecule has 0 saturated heterocycles.